The lowest BCUT2D eigenvalue weighted by molar-refractivity contribution is -0.126. The van der Waals surface area contributed by atoms with Gasteiger partial charge in [-0.25, -0.2) is 4.79 Å². The second-order valence-corrected chi connectivity index (χ2v) is 3.84. The van der Waals surface area contributed by atoms with Gasteiger partial charge >= 0.3 is 12.1 Å². The van der Waals surface area contributed by atoms with Crippen LogP contribution in [-0.4, -0.2) is 38.3 Å². The molecule has 0 atom stereocenters. The molecule has 0 spiro atoms. The Labute approximate surface area is 113 Å². The molecule has 0 saturated heterocycles. The Morgan fingerprint density at radius 1 is 1.20 bits per heavy atom. The summed E-state index contributed by atoms with van der Waals surface area (Å²) < 4.78 is 40.0. The van der Waals surface area contributed by atoms with Crippen LogP contribution in [-0.2, 0) is 9.53 Å². The molecular formula is C12H13F3N2O3. The number of amides is 1. The Balaban J connectivity index is 2.44. The molecule has 2 N–H and O–H groups in total. The van der Waals surface area contributed by atoms with Crippen LogP contribution < -0.4 is 10.6 Å². The van der Waals surface area contributed by atoms with Crippen LogP contribution in [0.1, 0.15) is 10.4 Å². The van der Waals surface area contributed by atoms with E-state index >= 15 is 0 Å². The Kier molecular flexibility index (Phi) is 5.51. The van der Waals surface area contributed by atoms with E-state index < -0.39 is 31.1 Å². The molecule has 0 aliphatic heterocycles. The minimum atomic E-state index is -4.36. The average molecular weight is 290 g/mol. The number of alkyl halides is 3. The van der Waals surface area contributed by atoms with Gasteiger partial charge in [-0.3, -0.25) is 4.79 Å². The Morgan fingerprint density at radius 2 is 1.80 bits per heavy atom. The van der Waals surface area contributed by atoms with Crippen molar-refractivity contribution in [2.75, 3.05) is 25.5 Å². The van der Waals surface area contributed by atoms with Crippen molar-refractivity contribution in [3.8, 4) is 0 Å². The molecule has 0 radical (unpaired) electrons. The SMILES string of the molecule is COC(=O)c1ccc(NC(=O)CNCC(F)(F)F)cc1. The monoisotopic (exact) mass is 290 g/mol. The largest absolute Gasteiger partial charge is 0.465 e. The van der Waals surface area contributed by atoms with Crippen LogP contribution in [0.3, 0.4) is 0 Å². The fourth-order valence-electron chi connectivity index (χ4n) is 1.33. The van der Waals surface area contributed by atoms with Crippen LogP contribution in [0.15, 0.2) is 24.3 Å². The first-order valence-corrected chi connectivity index (χ1v) is 5.57. The summed E-state index contributed by atoms with van der Waals surface area (Å²) in [5, 5.41) is 4.36. The van der Waals surface area contributed by atoms with Gasteiger partial charge < -0.3 is 15.4 Å². The molecule has 1 amide bonds. The van der Waals surface area contributed by atoms with Gasteiger partial charge in [-0.1, -0.05) is 0 Å². The summed E-state index contributed by atoms with van der Waals surface area (Å²) in [4.78, 5) is 22.5. The molecule has 20 heavy (non-hydrogen) atoms. The quantitative estimate of drug-likeness (QED) is 0.808. The van der Waals surface area contributed by atoms with Gasteiger partial charge in [0.2, 0.25) is 5.91 Å². The fraction of sp³-hybridized carbons (Fsp3) is 0.333. The van der Waals surface area contributed by atoms with Crippen LogP contribution >= 0.6 is 0 Å². The molecule has 1 aromatic rings. The summed E-state index contributed by atoms with van der Waals surface area (Å²) in [6.07, 6.45) is -4.36. The molecule has 0 aliphatic rings. The molecule has 0 fully saturated rings. The van der Waals surface area contributed by atoms with E-state index in [0.717, 1.165) is 0 Å². The van der Waals surface area contributed by atoms with Crippen molar-refractivity contribution >= 4 is 17.6 Å². The number of nitrogens with one attached hydrogen (secondary N) is 2. The lowest BCUT2D eigenvalue weighted by atomic mass is 10.2. The van der Waals surface area contributed by atoms with Crippen molar-refractivity contribution in [1.82, 2.24) is 5.32 Å². The van der Waals surface area contributed by atoms with Crippen LogP contribution in [0.4, 0.5) is 18.9 Å². The zero-order chi connectivity index (χ0) is 15.2. The van der Waals surface area contributed by atoms with E-state index in [-0.39, 0.29) is 0 Å². The highest BCUT2D eigenvalue weighted by Crippen LogP contribution is 2.12. The highest BCUT2D eigenvalue weighted by molar-refractivity contribution is 5.93. The first kappa shape index (κ1) is 16.0. The molecule has 110 valence electrons. The van der Waals surface area contributed by atoms with Crippen LogP contribution in [0.2, 0.25) is 0 Å². The molecule has 1 rings (SSSR count). The third-order valence-electron chi connectivity index (χ3n) is 2.20. The van der Waals surface area contributed by atoms with Crippen LogP contribution in [0, 0.1) is 0 Å². The number of methoxy groups -OCH3 is 1. The van der Waals surface area contributed by atoms with E-state index in [9.17, 15) is 22.8 Å². The second kappa shape index (κ2) is 6.90. The Hall–Kier alpha value is -2.09. The second-order valence-electron chi connectivity index (χ2n) is 3.84. The normalized spacial score (nSPS) is 11.0. The molecular weight excluding hydrogens is 277 g/mol. The zero-order valence-electron chi connectivity index (χ0n) is 10.6. The van der Waals surface area contributed by atoms with Gasteiger partial charge in [-0.15, -0.1) is 0 Å². The van der Waals surface area contributed by atoms with Gasteiger partial charge in [-0.2, -0.15) is 13.2 Å². The maximum Gasteiger partial charge on any atom is 0.401 e. The molecule has 0 bridgehead atoms. The minimum Gasteiger partial charge on any atom is -0.465 e. The highest BCUT2D eigenvalue weighted by atomic mass is 19.4. The van der Waals surface area contributed by atoms with Gasteiger partial charge in [0.1, 0.15) is 0 Å². The molecule has 0 unspecified atom stereocenters. The predicted octanol–water partition coefficient (Wildman–Crippen LogP) is 1.56. The molecule has 5 nitrogen and oxygen atoms in total. The molecule has 0 aromatic heterocycles. The van der Waals surface area contributed by atoms with E-state index in [1.54, 1.807) is 0 Å². The fourth-order valence-corrected chi connectivity index (χ4v) is 1.33. The summed E-state index contributed by atoms with van der Waals surface area (Å²) in [6.45, 7) is -1.69. The van der Waals surface area contributed by atoms with Crippen molar-refractivity contribution in [2.45, 2.75) is 6.18 Å². The highest BCUT2D eigenvalue weighted by Gasteiger charge is 2.26. The lowest BCUT2D eigenvalue weighted by Crippen LogP contribution is -2.35. The van der Waals surface area contributed by atoms with Gasteiger partial charge in [0, 0.05) is 5.69 Å². The van der Waals surface area contributed by atoms with Crippen LogP contribution in [0.25, 0.3) is 0 Å². The first-order valence-electron chi connectivity index (χ1n) is 5.57. The molecule has 0 saturated carbocycles. The van der Waals surface area contributed by atoms with Gasteiger partial charge in [0.25, 0.3) is 0 Å². The lowest BCUT2D eigenvalue weighted by Gasteiger charge is -2.09. The standard InChI is InChI=1S/C12H13F3N2O3/c1-20-11(19)8-2-4-9(5-3-8)17-10(18)6-16-7-12(13,14)15/h2-5,16H,6-7H2,1H3,(H,17,18). The van der Waals surface area contributed by atoms with Crippen molar-refractivity contribution in [3.05, 3.63) is 29.8 Å². The maximum atomic E-state index is 11.8. The van der Waals surface area contributed by atoms with Crippen LogP contribution in [0.5, 0.6) is 0 Å². The van der Waals surface area contributed by atoms with Gasteiger partial charge in [0.15, 0.2) is 0 Å². The Bertz CT molecular complexity index is 472. The number of hydrogen-bond donors (Lipinski definition) is 2. The number of carbonyl (C=O) groups excluding carboxylic acids is 2. The number of carbonyl (C=O) groups is 2. The van der Waals surface area contributed by atoms with E-state index in [1.807, 2.05) is 5.32 Å². The third kappa shape index (κ3) is 5.70. The van der Waals surface area contributed by atoms with E-state index in [4.69, 9.17) is 0 Å². The number of ether oxygens (including phenoxy) is 1. The minimum absolute atomic E-state index is 0.306. The zero-order valence-corrected chi connectivity index (χ0v) is 10.6. The number of anilines is 1. The third-order valence-corrected chi connectivity index (χ3v) is 2.20. The number of hydrogen-bond acceptors (Lipinski definition) is 4. The van der Waals surface area contributed by atoms with Crippen molar-refractivity contribution < 1.29 is 27.5 Å². The van der Waals surface area contributed by atoms with Crippen molar-refractivity contribution in [2.24, 2.45) is 0 Å². The molecule has 0 heterocycles. The average Bonchev–Trinajstić information content (AvgIpc) is 2.37. The number of rotatable bonds is 5. The van der Waals surface area contributed by atoms with Crippen molar-refractivity contribution in [1.29, 1.82) is 0 Å². The smallest absolute Gasteiger partial charge is 0.401 e. The summed E-state index contributed by atoms with van der Waals surface area (Å²) in [6, 6.07) is 5.77. The summed E-state index contributed by atoms with van der Waals surface area (Å²) in [5.74, 6) is -1.13. The molecule has 8 heteroatoms. The van der Waals surface area contributed by atoms with E-state index in [1.165, 1.54) is 31.4 Å². The predicted molar refractivity (Wildman–Crippen MR) is 65.3 cm³/mol. The number of benzene rings is 1. The molecule has 0 aliphatic carbocycles. The van der Waals surface area contributed by atoms with E-state index in [0.29, 0.717) is 11.3 Å². The first-order chi connectivity index (χ1) is 9.31. The molecule has 1 aromatic carbocycles. The van der Waals surface area contributed by atoms with E-state index in [2.05, 4.69) is 10.1 Å². The number of esters is 1. The topological polar surface area (TPSA) is 67.4 Å². The van der Waals surface area contributed by atoms with Gasteiger partial charge in [-0.05, 0) is 24.3 Å². The van der Waals surface area contributed by atoms with Crippen molar-refractivity contribution in [3.63, 3.8) is 0 Å². The Morgan fingerprint density at radius 3 is 2.30 bits per heavy atom. The summed E-state index contributed by atoms with van der Waals surface area (Å²) >= 11 is 0. The summed E-state index contributed by atoms with van der Waals surface area (Å²) in [5.41, 5.74) is 0.678. The van der Waals surface area contributed by atoms with Gasteiger partial charge in [0.05, 0.1) is 25.8 Å². The maximum absolute atomic E-state index is 11.8. The number of halogens is 3. The summed E-state index contributed by atoms with van der Waals surface area (Å²) in [7, 11) is 1.24.